The number of hydrogen-bond donors (Lipinski definition) is 0. The van der Waals surface area contributed by atoms with E-state index >= 15 is 0 Å². The van der Waals surface area contributed by atoms with Gasteiger partial charge in [0.25, 0.3) is 0 Å². The lowest BCUT2D eigenvalue weighted by atomic mass is 10.2. The number of carbonyl (C=O) groups is 1. The Labute approximate surface area is 180 Å². The van der Waals surface area contributed by atoms with Gasteiger partial charge < -0.3 is 14.4 Å². The van der Waals surface area contributed by atoms with E-state index in [0.717, 1.165) is 53.0 Å². The van der Waals surface area contributed by atoms with Crippen LogP contribution in [0.1, 0.15) is 19.8 Å². The third-order valence-electron chi connectivity index (χ3n) is 4.91. The highest BCUT2D eigenvalue weighted by Crippen LogP contribution is 2.27. The summed E-state index contributed by atoms with van der Waals surface area (Å²) in [6.07, 6.45) is 2.85. The first-order valence-corrected chi connectivity index (χ1v) is 11.0. The Balaban J connectivity index is 1.51. The SMILES string of the molecule is C=CC(=O)OCCCN(CC)CCCOc1ccc2sc3ccccc3c(=O)c2c1. The minimum absolute atomic E-state index is 0.0547. The van der Waals surface area contributed by atoms with Crippen LogP contribution in [-0.2, 0) is 9.53 Å². The molecule has 158 valence electrons. The molecule has 0 amide bonds. The Morgan fingerprint density at radius 2 is 1.80 bits per heavy atom. The molecule has 0 spiro atoms. The Morgan fingerprint density at radius 3 is 2.57 bits per heavy atom. The van der Waals surface area contributed by atoms with E-state index in [0.29, 0.717) is 18.6 Å². The van der Waals surface area contributed by atoms with Gasteiger partial charge in [-0.2, -0.15) is 0 Å². The van der Waals surface area contributed by atoms with Crippen LogP contribution in [0.5, 0.6) is 5.75 Å². The maximum Gasteiger partial charge on any atom is 0.330 e. The van der Waals surface area contributed by atoms with Crippen LogP contribution in [0, 0.1) is 0 Å². The molecule has 0 aliphatic heterocycles. The zero-order valence-corrected chi connectivity index (χ0v) is 18.1. The first-order chi connectivity index (χ1) is 14.6. The molecule has 0 saturated heterocycles. The fourth-order valence-corrected chi connectivity index (χ4v) is 4.35. The molecule has 30 heavy (non-hydrogen) atoms. The lowest BCUT2D eigenvalue weighted by molar-refractivity contribution is -0.137. The largest absolute Gasteiger partial charge is 0.494 e. The number of carbonyl (C=O) groups excluding carboxylic acids is 1. The summed E-state index contributed by atoms with van der Waals surface area (Å²) in [7, 11) is 0. The monoisotopic (exact) mass is 425 g/mol. The smallest absolute Gasteiger partial charge is 0.330 e. The van der Waals surface area contributed by atoms with Gasteiger partial charge in [0.15, 0.2) is 5.43 Å². The zero-order valence-electron chi connectivity index (χ0n) is 17.3. The van der Waals surface area contributed by atoms with Gasteiger partial charge in [-0.25, -0.2) is 4.79 Å². The minimum atomic E-state index is -0.378. The van der Waals surface area contributed by atoms with Crippen LogP contribution in [0.4, 0.5) is 0 Å². The first kappa shape index (κ1) is 22.0. The van der Waals surface area contributed by atoms with Crippen LogP contribution < -0.4 is 10.2 Å². The molecule has 0 N–H and O–H groups in total. The maximum atomic E-state index is 12.8. The minimum Gasteiger partial charge on any atom is -0.494 e. The normalized spacial score (nSPS) is 11.1. The van der Waals surface area contributed by atoms with Crippen LogP contribution in [0.2, 0.25) is 0 Å². The van der Waals surface area contributed by atoms with E-state index in [-0.39, 0.29) is 11.4 Å². The van der Waals surface area contributed by atoms with E-state index in [1.807, 2.05) is 42.5 Å². The van der Waals surface area contributed by atoms with Crippen molar-refractivity contribution in [1.29, 1.82) is 0 Å². The molecular formula is C24H27NO4S. The highest BCUT2D eigenvalue weighted by Gasteiger charge is 2.08. The van der Waals surface area contributed by atoms with E-state index in [9.17, 15) is 9.59 Å². The summed E-state index contributed by atoms with van der Waals surface area (Å²) in [5.41, 5.74) is 0.0547. The van der Waals surface area contributed by atoms with Crippen LogP contribution >= 0.6 is 11.3 Å². The molecule has 5 nitrogen and oxygen atoms in total. The predicted molar refractivity (Wildman–Crippen MR) is 124 cm³/mol. The van der Waals surface area contributed by atoms with E-state index in [2.05, 4.69) is 18.4 Å². The molecule has 0 atom stereocenters. The number of rotatable bonds is 11. The second-order valence-corrected chi connectivity index (χ2v) is 8.03. The average Bonchev–Trinajstić information content (AvgIpc) is 2.78. The Morgan fingerprint density at radius 1 is 1.07 bits per heavy atom. The van der Waals surface area contributed by atoms with Crippen molar-refractivity contribution in [2.75, 3.05) is 32.8 Å². The number of nitrogens with zero attached hydrogens (tertiary/aromatic N) is 1. The molecule has 1 aromatic heterocycles. The summed E-state index contributed by atoms with van der Waals surface area (Å²) in [4.78, 5) is 26.1. The topological polar surface area (TPSA) is 55.8 Å². The summed E-state index contributed by atoms with van der Waals surface area (Å²) in [5.74, 6) is 0.346. The molecule has 0 unspecified atom stereocenters. The number of ether oxygens (including phenoxy) is 2. The molecule has 0 bridgehead atoms. The average molecular weight is 426 g/mol. The summed E-state index contributed by atoms with van der Waals surface area (Å²) >= 11 is 1.62. The predicted octanol–water partition coefficient (Wildman–Crippen LogP) is 4.62. The third kappa shape index (κ3) is 5.68. The van der Waals surface area contributed by atoms with Crippen LogP contribution in [0.3, 0.4) is 0 Å². The van der Waals surface area contributed by atoms with E-state index in [4.69, 9.17) is 9.47 Å². The van der Waals surface area contributed by atoms with Crippen molar-refractivity contribution in [3.05, 3.63) is 65.3 Å². The van der Waals surface area contributed by atoms with Crippen molar-refractivity contribution in [2.45, 2.75) is 19.8 Å². The van der Waals surface area contributed by atoms with Crippen LogP contribution in [-0.4, -0.2) is 43.7 Å². The van der Waals surface area contributed by atoms with Crippen molar-refractivity contribution >= 4 is 37.5 Å². The van der Waals surface area contributed by atoms with E-state index in [1.54, 1.807) is 11.3 Å². The second kappa shape index (κ2) is 10.9. The molecule has 1 heterocycles. The van der Waals surface area contributed by atoms with Gasteiger partial charge in [0, 0.05) is 39.3 Å². The van der Waals surface area contributed by atoms with Crippen LogP contribution in [0.25, 0.3) is 20.2 Å². The standard InChI is InChI=1S/C24H27NO4S/c1-3-23(26)29-16-8-14-25(4-2)13-7-15-28-18-11-12-22-20(17-18)24(27)19-9-5-6-10-21(19)30-22/h3,5-6,9-12,17H,1,4,7-8,13-16H2,2H3. The van der Waals surface area contributed by atoms with Gasteiger partial charge in [-0.15, -0.1) is 11.3 Å². The van der Waals surface area contributed by atoms with Gasteiger partial charge in [0.2, 0.25) is 0 Å². The fourth-order valence-electron chi connectivity index (χ4n) is 3.30. The van der Waals surface area contributed by atoms with Gasteiger partial charge in [-0.1, -0.05) is 25.6 Å². The Hall–Kier alpha value is -2.70. The number of fused-ring (bicyclic) bond motifs is 2. The highest BCUT2D eigenvalue weighted by molar-refractivity contribution is 7.24. The lowest BCUT2D eigenvalue weighted by Gasteiger charge is -2.20. The number of benzene rings is 2. The highest BCUT2D eigenvalue weighted by atomic mass is 32.1. The Kier molecular flexibility index (Phi) is 7.99. The van der Waals surface area contributed by atoms with Crippen molar-refractivity contribution in [3.63, 3.8) is 0 Å². The summed E-state index contributed by atoms with van der Waals surface area (Å²) in [5, 5.41) is 1.46. The number of esters is 1. The van der Waals surface area contributed by atoms with Crippen molar-refractivity contribution in [1.82, 2.24) is 4.90 Å². The zero-order chi connectivity index (χ0) is 21.3. The fraction of sp³-hybridized carbons (Fsp3) is 0.333. The summed E-state index contributed by atoms with van der Waals surface area (Å²) < 4.78 is 12.9. The lowest BCUT2D eigenvalue weighted by Crippen LogP contribution is -2.27. The molecular weight excluding hydrogens is 398 g/mol. The Bertz CT molecular complexity index is 1080. The van der Waals surface area contributed by atoms with Crippen molar-refractivity contribution < 1.29 is 14.3 Å². The molecule has 0 radical (unpaired) electrons. The molecule has 0 aliphatic rings. The van der Waals surface area contributed by atoms with Gasteiger partial charge in [-0.05, 0) is 49.7 Å². The first-order valence-electron chi connectivity index (χ1n) is 10.2. The van der Waals surface area contributed by atoms with Gasteiger partial charge in [0.05, 0.1) is 13.2 Å². The molecule has 3 aromatic rings. The van der Waals surface area contributed by atoms with Crippen LogP contribution in [0.15, 0.2) is 59.9 Å². The maximum absolute atomic E-state index is 12.8. The molecule has 6 heteroatoms. The number of hydrogen-bond acceptors (Lipinski definition) is 6. The second-order valence-electron chi connectivity index (χ2n) is 6.95. The van der Waals surface area contributed by atoms with Crippen molar-refractivity contribution in [2.24, 2.45) is 0 Å². The molecule has 0 aliphatic carbocycles. The molecule has 0 saturated carbocycles. The summed E-state index contributed by atoms with van der Waals surface area (Å²) in [6, 6.07) is 13.4. The van der Waals surface area contributed by atoms with Gasteiger partial charge >= 0.3 is 5.97 Å². The van der Waals surface area contributed by atoms with Gasteiger partial charge in [0.1, 0.15) is 5.75 Å². The quantitative estimate of drug-likeness (QED) is 0.194. The van der Waals surface area contributed by atoms with E-state index in [1.165, 1.54) is 6.08 Å². The van der Waals surface area contributed by atoms with Gasteiger partial charge in [-0.3, -0.25) is 4.79 Å². The molecule has 2 aromatic carbocycles. The summed E-state index contributed by atoms with van der Waals surface area (Å²) in [6.45, 7) is 9.18. The van der Waals surface area contributed by atoms with Crippen molar-refractivity contribution in [3.8, 4) is 5.75 Å². The van der Waals surface area contributed by atoms with E-state index < -0.39 is 0 Å². The third-order valence-corrected chi connectivity index (χ3v) is 6.06. The molecule has 3 rings (SSSR count). The molecule has 0 fully saturated rings.